The van der Waals surface area contributed by atoms with Crippen molar-refractivity contribution in [3.05, 3.63) is 119 Å². The number of nitriles is 1. The van der Waals surface area contributed by atoms with E-state index in [0.717, 1.165) is 29.7 Å². The summed E-state index contributed by atoms with van der Waals surface area (Å²) in [6.45, 7) is 7.34. The Balaban J connectivity index is 0.00000107. The van der Waals surface area contributed by atoms with E-state index in [1.54, 1.807) is 22.7 Å². The molecule has 0 atom stereocenters. The lowest BCUT2D eigenvalue weighted by atomic mass is 9.96. The molecular weight excluding hydrogens is 509 g/mol. The van der Waals surface area contributed by atoms with E-state index in [-0.39, 0.29) is 18.0 Å². The largest absolute Gasteiger partial charge is 0.405 e. The maximum absolute atomic E-state index is 13.5. The zero-order valence-corrected chi connectivity index (χ0v) is 22.7. The molecule has 4 aromatic rings. The van der Waals surface area contributed by atoms with Crippen LogP contribution in [0.3, 0.4) is 0 Å². The molecule has 2 aromatic heterocycles. The first-order chi connectivity index (χ1) is 18.5. The first kappa shape index (κ1) is 26.9. The number of allylic oxidation sites excluding steroid dienone is 1. The molecule has 1 fully saturated rings. The summed E-state index contributed by atoms with van der Waals surface area (Å²) in [5.74, 6) is -0.0783. The summed E-state index contributed by atoms with van der Waals surface area (Å²) in [7, 11) is 0. The van der Waals surface area contributed by atoms with Crippen LogP contribution in [0.2, 0.25) is 0 Å². The highest BCUT2D eigenvalue weighted by Crippen LogP contribution is 2.48. The average Bonchev–Trinajstić information content (AvgIpc) is 3.31. The van der Waals surface area contributed by atoms with Gasteiger partial charge >= 0.3 is 0 Å². The van der Waals surface area contributed by atoms with Crippen molar-refractivity contribution < 1.29 is 4.79 Å². The summed E-state index contributed by atoms with van der Waals surface area (Å²) in [6, 6.07) is 24.8. The number of hydrogen-bond donors (Lipinski definition) is 3. The number of carbonyl (C=O) groups excluding carboxylic acids is 1. The molecule has 0 aliphatic heterocycles. The Morgan fingerprint density at radius 3 is 2.16 bits per heavy atom. The van der Waals surface area contributed by atoms with Crippen LogP contribution in [0.25, 0.3) is 20.9 Å². The van der Waals surface area contributed by atoms with Crippen LogP contribution in [0, 0.1) is 11.3 Å². The van der Waals surface area contributed by atoms with Gasteiger partial charge in [-0.1, -0.05) is 43.5 Å². The first-order valence-electron chi connectivity index (χ1n) is 12.2. The van der Waals surface area contributed by atoms with E-state index in [2.05, 4.69) is 88.8 Å². The molecule has 1 aliphatic rings. The lowest BCUT2D eigenvalue weighted by molar-refractivity contribution is 0.0930. The van der Waals surface area contributed by atoms with E-state index < -0.39 is 0 Å². The highest BCUT2D eigenvalue weighted by atomic mass is 32.1. The number of nitrogens with zero attached hydrogens (tertiary/aromatic N) is 1. The van der Waals surface area contributed by atoms with Gasteiger partial charge in [-0.2, -0.15) is 5.26 Å². The highest BCUT2D eigenvalue weighted by Gasteiger charge is 2.46. The highest BCUT2D eigenvalue weighted by molar-refractivity contribution is 7.14. The second kappa shape index (κ2) is 12.4. The summed E-state index contributed by atoms with van der Waals surface area (Å²) in [6.07, 6.45) is 3.57. The third kappa shape index (κ3) is 6.41. The van der Waals surface area contributed by atoms with Gasteiger partial charge in [-0.25, -0.2) is 0 Å². The summed E-state index contributed by atoms with van der Waals surface area (Å²) >= 11 is 3.45. The van der Waals surface area contributed by atoms with Gasteiger partial charge in [0.1, 0.15) is 6.54 Å². The minimum absolute atomic E-state index is 0.0783. The number of amides is 1. The molecule has 5 nitrogen and oxygen atoms in total. The van der Waals surface area contributed by atoms with Gasteiger partial charge in [0.25, 0.3) is 5.91 Å². The third-order valence-electron chi connectivity index (χ3n) is 6.28. The van der Waals surface area contributed by atoms with Crippen molar-refractivity contribution >= 4 is 28.6 Å². The fourth-order valence-electron chi connectivity index (χ4n) is 4.32. The van der Waals surface area contributed by atoms with Crippen molar-refractivity contribution in [1.82, 2.24) is 10.6 Å². The van der Waals surface area contributed by atoms with E-state index in [1.165, 1.54) is 27.1 Å². The molecule has 7 heteroatoms. The van der Waals surface area contributed by atoms with Crippen molar-refractivity contribution in [3.8, 4) is 27.0 Å². The molecule has 0 saturated heterocycles. The monoisotopic (exact) mass is 538 g/mol. The van der Waals surface area contributed by atoms with E-state index >= 15 is 0 Å². The number of carbonyl (C=O) groups is 1. The van der Waals surface area contributed by atoms with Gasteiger partial charge in [0.05, 0.1) is 11.6 Å². The standard InChI is InChI=1S/C29H25N3OS2.C2H5N/c1-20(31-13-12-30)16-21-6-2-3-7-25(21)28(33)32-29(10-11-29)24-18-22(26-8-4-14-34-26)17-23(19-24)27-9-5-15-35-27;1-2-3/h2-9,14-15,17-19,31H,1,10-11,13,16H2,(H,32,33);2H,1,3H2. The lowest BCUT2D eigenvalue weighted by Gasteiger charge is -2.21. The van der Waals surface area contributed by atoms with Crippen LogP contribution >= 0.6 is 22.7 Å². The van der Waals surface area contributed by atoms with Crippen LogP contribution in [0.5, 0.6) is 0 Å². The molecule has 1 amide bonds. The Hall–Kier alpha value is -4.12. The molecule has 1 aliphatic carbocycles. The molecule has 192 valence electrons. The maximum atomic E-state index is 13.5. The fraction of sp³-hybridized carbons (Fsp3) is 0.161. The van der Waals surface area contributed by atoms with Crippen LogP contribution in [0.1, 0.15) is 34.3 Å². The Morgan fingerprint density at radius 2 is 1.63 bits per heavy atom. The second-order valence-electron chi connectivity index (χ2n) is 8.97. The van der Waals surface area contributed by atoms with Crippen molar-refractivity contribution in [2.75, 3.05) is 6.54 Å². The average molecular weight is 539 g/mol. The smallest absolute Gasteiger partial charge is 0.252 e. The predicted molar refractivity (Wildman–Crippen MR) is 159 cm³/mol. The minimum atomic E-state index is -0.362. The SMILES string of the molecule is C=C(Cc1ccccc1C(=O)NC1(c2cc(-c3cccs3)cc(-c3cccs3)c2)CC1)NCC#N.C=CN. The zero-order chi connectivity index (χ0) is 27.0. The predicted octanol–water partition coefficient (Wildman–Crippen LogP) is 6.82. The molecular formula is C31H30N4OS2. The molecule has 2 heterocycles. The topological polar surface area (TPSA) is 90.9 Å². The van der Waals surface area contributed by atoms with Crippen molar-refractivity contribution in [1.29, 1.82) is 5.26 Å². The summed E-state index contributed by atoms with van der Waals surface area (Å²) in [5.41, 5.74) is 10.0. The van der Waals surface area contributed by atoms with Crippen LogP contribution in [0.4, 0.5) is 0 Å². The maximum Gasteiger partial charge on any atom is 0.252 e. The quantitative estimate of drug-likeness (QED) is 0.204. The van der Waals surface area contributed by atoms with Crippen molar-refractivity contribution in [2.45, 2.75) is 24.8 Å². The van der Waals surface area contributed by atoms with Gasteiger partial charge in [-0.05, 0) is 88.5 Å². The molecule has 38 heavy (non-hydrogen) atoms. The summed E-state index contributed by atoms with van der Waals surface area (Å²) in [4.78, 5) is 16.0. The number of thiophene rings is 2. The van der Waals surface area contributed by atoms with Crippen LogP contribution in [-0.2, 0) is 12.0 Å². The Morgan fingerprint density at radius 1 is 1.03 bits per heavy atom. The molecule has 1 saturated carbocycles. The van der Waals surface area contributed by atoms with Gasteiger partial charge in [0.2, 0.25) is 0 Å². The molecule has 2 aromatic carbocycles. The van der Waals surface area contributed by atoms with Crippen molar-refractivity contribution in [3.63, 3.8) is 0 Å². The van der Waals surface area contributed by atoms with Crippen LogP contribution in [0.15, 0.2) is 103 Å². The number of rotatable bonds is 9. The van der Waals surface area contributed by atoms with E-state index in [4.69, 9.17) is 5.26 Å². The van der Waals surface area contributed by atoms with Gasteiger partial charge in [-0.15, -0.1) is 22.7 Å². The molecule has 0 unspecified atom stereocenters. The van der Waals surface area contributed by atoms with E-state index in [1.807, 2.05) is 24.3 Å². The number of benzene rings is 2. The normalized spacial score (nSPS) is 12.8. The van der Waals surface area contributed by atoms with E-state index in [9.17, 15) is 4.79 Å². The van der Waals surface area contributed by atoms with E-state index in [0.29, 0.717) is 12.0 Å². The lowest BCUT2D eigenvalue weighted by Crippen LogP contribution is -2.35. The van der Waals surface area contributed by atoms with Crippen LogP contribution in [-0.4, -0.2) is 12.5 Å². The summed E-state index contributed by atoms with van der Waals surface area (Å²) < 4.78 is 0. The molecule has 0 spiro atoms. The number of hydrogen-bond acceptors (Lipinski definition) is 6. The van der Waals surface area contributed by atoms with Crippen LogP contribution < -0.4 is 16.4 Å². The zero-order valence-electron chi connectivity index (χ0n) is 21.1. The molecule has 4 N–H and O–H groups in total. The Bertz CT molecular complexity index is 1390. The van der Waals surface area contributed by atoms with Gasteiger partial charge < -0.3 is 16.4 Å². The van der Waals surface area contributed by atoms with Gasteiger partial charge in [0.15, 0.2) is 0 Å². The second-order valence-corrected chi connectivity index (χ2v) is 10.9. The van der Waals surface area contributed by atoms with Gasteiger partial charge in [-0.3, -0.25) is 4.79 Å². The fourth-order valence-corrected chi connectivity index (χ4v) is 5.75. The molecule has 0 radical (unpaired) electrons. The Labute approximate surface area is 232 Å². The third-order valence-corrected chi connectivity index (χ3v) is 8.12. The van der Waals surface area contributed by atoms with Gasteiger partial charge in [0, 0.05) is 27.4 Å². The summed E-state index contributed by atoms with van der Waals surface area (Å²) in [5, 5.41) is 19.4. The molecule has 0 bridgehead atoms. The van der Waals surface area contributed by atoms with Crippen molar-refractivity contribution in [2.24, 2.45) is 5.73 Å². The first-order valence-corrected chi connectivity index (χ1v) is 14.0. The molecule has 5 rings (SSSR count). The minimum Gasteiger partial charge on any atom is -0.405 e. The number of nitrogens with two attached hydrogens (primary N) is 1. The number of nitrogens with one attached hydrogen (secondary N) is 2. The Kier molecular flexibility index (Phi) is 8.80.